The summed E-state index contributed by atoms with van der Waals surface area (Å²) < 4.78 is 0. The summed E-state index contributed by atoms with van der Waals surface area (Å²) in [4.78, 5) is 25.8. The molecule has 23 heavy (non-hydrogen) atoms. The molecule has 0 radical (unpaired) electrons. The molecule has 4 heteroatoms. The van der Waals surface area contributed by atoms with Crippen molar-refractivity contribution >= 4 is 17.9 Å². The Morgan fingerprint density at radius 1 is 1.30 bits per heavy atom. The van der Waals surface area contributed by atoms with Crippen LogP contribution in [0.2, 0.25) is 0 Å². The molecule has 2 rings (SSSR count). The molecule has 0 aromatic heterocycles. The maximum Gasteiger partial charge on any atom is 0.246 e. The fourth-order valence-corrected chi connectivity index (χ4v) is 2.84. The summed E-state index contributed by atoms with van der Waals surface area (Å²) in [5, 5.41) is 2.98. The van der Waals surface area contributed by atoms with Crippen LogP contribution in [0.1, 0.15) is 38.2 Å². The molecule has 0 aliphatic carbocycles. The molecule has 2 amide bonds. The van der Waals surface area contributed by atoms with E-state index < -0.39 is 0 Å². The van der Waals surface area contributed by atoms with Crippen LogP contribution in [0.5, 0.6) is 0 Å². The first-order valence-electron chi connectivity index (χ1n) is 8.47. The minimum atomic E-state index is 0.0541. The fraction of sp³-hybridized carbons (Fsp3) is 0.474. The van der Waals surface area contributed by atoms with Crippen LogP contribution >= 0.6 is 0 Å². The number of carbonyl (C=O) groups is 2. The molecule has 1 N–H and O–H groups in total. The maximum absolute atomic E-state index is 12.3. The molecule has 1 atom stereocenters. The Kier molecular flexibility index (Phi) is 6.85. The van der Waals surface area contributed by atoms with Crippen molar-refractivity contribution in [2.24, 2.45) is 5.92 Å². The van der Waals surface area contributed by atoms with Gasteiger partial charge in [0.2, 0.25) is 11.8 Å². The van der Waals surface area contributed by atoms with Crippen LogP contribution in [0.15, 0.2) is 36.4 Å². The van der Waals surface area contributed by atoms with Gasteiger partial charge >= 0.3 is 0 Å². The van der Waals surface area contributed by atoms with E-state index in [1.165, 1.54) is 0 Å². The minimum Gasteiger partial charge on any atom is -0.356 e. The van der Waals surface area contributed by atoms with Crippen molar-refractivity contribution in [3.05, 3.63) is 42.0 Å². The predicted octanol–water partition coefficient (Wildman–Crippen LogP) is 2.85. The molecular formula is C19H26N2O2. The van der Waals surface area contributed by atoms with E-state index in [1.54, 1.807) is 6.08 Å². The van der Waals surface area contributed by atoms with Crippen LogP contribution < -0.4 is 5.32 Å². The molecule has 1 aromatic carbocycles. The zero-order valence-electron chi connectivity index (χ0n) is 13.8. The van der Waals surface area contributed by atoms with Gasteiger partial charge in [-0.05, 0) is 36.8 Å². The third-order valence-corrected chi connectivity index (χ3v) is 4.11. The predicted molar refractivity (Wildman–Crippen MR) is 92.7 cm³/mol. The second kappa shape index (κ2) is 9.13. The van der Waals surface area contributed by atoms with Gasteiger partial charge in [-0.15, -0.1) is 0 Å². The molecule has 1 aliphatic rings. The lowest BCUT2D eigenvalue weighted by Gasteiger charge is -2.32. The van der Waals surface area contributed by atoms with Crippen molar-refractivity contribution in [1.29, 1.82) is 0 Å². The molecular weight excluding hydrogens is 288 g/mol. The van der Waals surface area contributed by atoms with E-state index in [2.05, 4.69) is 5.32 Å². The Bertz CT molecular complexity index is 540. The van der Waals surface area contributed by atoms with Gasteiger partial charge < -0.3 is 10.2 Å². The van der Waals surface area contributed by atoms with Crippen LogP contribution in [0, 0.1) is 5.92 Å². The second-order valence-corrected chi connectivity index (χ2v) is 6.09. The fourth-order valence-electron chi connectivity index (χ4n) is 2.84. The molecule has 124 valence electrons. The van der Waals surface area contributed by atoms with Gasteiger partial charge in [0, 0.05) is 32.1 Å². The smallest absolute Gasteiger partial charge is 0.246 e. The van der Waals surface area contributed by atoms with Gasteiger partial charge in [-0.1, -0.05) is 37.3 Å². The summed E-state index contributed by atoms with van der Waals surface area (Å²) in [6, 6.07) is 9.83. The molecule has 0 unspecified atom stereocenters. The van der Waals surface area contributed by atoms with Gasteiger partial charge in [0.25, 0.3) is 0 Å². The lowest BCUT2D eigenvalue weighted by molar-refractivity contribution is -0.127. The van der Waals surface area contributed by atoms with Crippen LogP contribution in [-0.2, 0) is 9.59 Å². The third-order valence-electron chi connectivity index (χ3n) is 4.11. The minimum absolute atomic E-state index is 0.0541. The van der Waals surface area contributed by atoms with E-state index in [9.17, 15) is 9.59 Å². The highest BCUT2D eigenvalue weighted by molar-refractivity contribution is 5.91. The molecule has 1 heterocycles. The number of piperidine rings is 1. The van der Waals surface area contributed by atoms with Crippen molar-refractivity contribution in [3.8, 4) is 0 Å². The SMILES string of the molecule is CCCC(=O)NC[C@@H]1CCCN(C(=O)/C=C\c2ccccc2)C1. The summed E-state index contributed by atoms with van der Waals surface area (Å²) in [6.07, 6.45) is 7.01. The standard InChI is InChI=1S/C19H26N2O2/c1-2-7-18(22)20-14-17-10-6-13-21(15-17)19(23)12-11-16-8-4-3-5-9-16/h3-5,8-9,11-12,17H,2,6-7,10,13-15H2,1H3,(H,20,22)/b12-11-/t17-/m0/s1. The summed E-state index contributed by atoms with van der Waals surface area (Å²) in [5.74, 6) is 0.525. The van der Waals surface area contributed by atoms with Crippen LogP contribution in [0.25, 0.3) is 6.08 Å². The number of hydrogen-bond acceptors (Lipinski definition) is 2. The number of benzene rings is 1. The van der Waals surface area contributed by atoms with Crippen LogP contribution in [0.4, 0.5) is 0 Å². The van der Waals surface area contributed by atoms with Gasteiger partial charge in [-0.2, -0.15) is 0 Å². The zero-order chi connectivity index (χ0) is 16.5. The first-order valence-corrected chi connectivity index (χ1v) is 8.47. The zero-order valence-corrected chi connectivity index (χ0v) is 13.8. The highest BCUT2D eigenvalue weighted by Gasteiger charge is 2.22. The van der Waals surface area contributed by atoms with Gasteiger partial charge in [-0.25, -0.2) is 0 Å². The average Bonchev–Trinajstić information content (AvgIpc) is 2.59. The van der Waals surface area contributed by atoms with E-state index in [0.717, 1.165) is 37.9 Å². The van der Waals surface area contributed by atoms with E-state index in [0.29, 0.717) is 18.9 Å². The number of nitrogens with one attached hydrogen (secondary N) is 1. The third kappa shape index (κ3) is 5.89. The van der Waals surface area contributed by atoms with Crippen molar-refractivity contribution in [2.45, 2.75) is 32.6 Å². The molecule has 4 nitrogen and oxygen atoms in total. The van der Waals surface area contributed by atoms with Crippen molar-refractivity contribution in [3.63, 3.8) is 0 Å². The lowest BCUT2D eigenvalue weighted by Crippen LogP contribution is -2.43. The van der Waals surface area contributed by atoms with E-state index in [4.69, 9.17) is 0 Å². The Balaban J connectivity index is 1.81. The molecule has 0 saturated carbocycles. The van der Waals surface area contributed by atoms with Crippen molar-refractivity contribution < 1.29 is 9.59 Å². The monoisotopic (exact) mass is 314 g/mol. The van der Waals surface area contributed by atoms with Gasteiger partial charge in [0.1, 0.15) is 0 Å². The molecule has 0 spiro atoms. The van der Waals surface area contributed by atoms with E-state index >= 15 is 0 Å². The summed E-state index contributed by atoms with van der Waals surface area (Å²) in [6.45, 7) is 4.20. The number of likely N-dealkylation sites (tertiary alicyclic amines) is 1. The van der Waals surface area contributed by atoms with Crippen molar-refractivity contribution in [1.82, 2.24) is 10.2 Å². The topological polar surface area (TPSA) is 49.4 Å². The molecule has 1 saturated heterocycles. The second-order valence-electron chi connectivity index (χ2n) is 6.09. The largest absolute Gasteiger partial charge is 0.356 e. The number of hydrogen-bond donors (Lipinski definition) is 1. The number of amides is 2. The normalized spacial score (nSPS) is 18.1. The van der Waals surface area contributed by atoms with Gasteiger partial charge in [-0.3, -0.25) is 9.59 Å². The average molecular weight is 314 g/mol. The molecule has 1 aliphatic heterocycles. The highest BCUT2D eigenvalue weighted by atomic mass is 16.2. The quantitative estimate of drug-likeness (QED) is 0.821. The Morgan fingerprint density at radius 3 is 2.83 bits per heavy atom. The Morgan fingerprint density at radius 2 is 2.09 bits per heavy atom. The van der Waals surface area contributed by atoms with Crippen molar-refractivity contribution in [2.75, 3.05) is 19.6 Å². The number of rotatable bonds is 6. The number of carbonyl (C=O) groups excluding carboxylic acids is 2. The highest BCUT2D eigenvalue weighted by Crippen LogP contribution is 2.16. The summed E-state index contributed by atoms with van der Waals surface area (Å²) in [5.41, 5.74) is 1.03. The first kappa shape index (κ1) is 17.3. The van der Waals surface area contributed by atoms with E-state index in [-0.39, 0.29) is 11.8 Å². The van der Waals surface area contributed by atoms with Gasteiger partial charge in [0.05, 0.1) is 0 Å². The lowest BCUT2D eigenvalue weighted by atomic mass is 9.97. The maximum atomic E-state index is 12.3. The van der Waals surface area contributed by atoms with E-state index in [1.807, 2.05) is 48.2 Å². The summed E-state index contributed by atoms with van der Waals surface area (Å²) >= 11 is 0. The van der Waals surface area contributed by atoms with Crippen LogP contribution in [0.3, 0.4) is 0 Å². The molecule has 1 aromatic rings. The van der Waals surface area contributed by atoms with Crippen LogP contribution in [-0.4, -0.2) is 36.3 Å². The first-order chi connectivity index (χ1) is 11.2. The van der Waals surface area contributed by atoms with Gasteiger partial charge in [0.15, 0.2) is 0 Å². The Hall–Kier alpha value is -2.10. The summed E-state index contributed by atoms with van der Waals surface area (Å²) in [7, 11) is 0. The number of nitrogens with zero attached hydrogens (tertiary/aromatic N) is 1. The molecule has 0 bridgehead atoms. The Labute approximate surface area is 138 Å². The molecule has 1 fully saturated rings.